The van der Waals surface area contributed by atoms with Crippen molar-refractivity contribution in [3.8, 4) is 0 Å². The SMILES string of the molecule is C[C@@]1(O)[C@H](O)[C@@H](CO[P@@]2(=O)OC[C@@H](c3ccccc3)[C@@H](c3ccccc3)O2)O[C@H]1n1ccc2c(=O)[nH]c(N)nc21. The van der Waals surface area contributed by atoms with Gasteiger partial charge in [0.25, 0.3) is 5.56 Å². The van der Waals surface area contributed by atoms with E-state index in [-0.39, 0.29) is 29.5 Å². The number of nitrogens with one attached hydrogen (secondary N) is 1. The summed E-state index contributed by atoms with van der Waals surface area (Å²) in [5.41, 5.74) is 5.37. The summed E-state index contributed by atoms with van der Waals surface area (Å²) in [5, 5.41) is 22.4. The van der Waals surface area contributed by atoms with Gasteiger partial charge >= 0.3 is 7.82 Å². The lowest BCUT2D eigenvalue weighted by atomic mass is 9.90. The summed E-state index contributed by atoms with van der Waals surface area (Å²) in [7, 11) is -4.10. The van der Waals surface area contributed by atoms with Crippen LogP contribution in [-0.4, -0.2) is 55.8 Å². The van der Waals surface area contributed by atoms with E-state index in [1.54, 1.807) is 0 Å². The Bertz CT molecular complexity index is 1610. The number of anilines is 1. The summed E-state index contributed by atoms with van der Waals surface area (Å²) in [5.74, 6) is -0.347. The van der Waals surface area contributed by atoms with Gasteiger partial charge in [-0.15, -0.1) is 0 Å². The van der Waals surface area contributed by atoms with Gasteiger partial charge in [0.2, 0.25) is 5.95 Å². The molecule has 4 heterocycles. The lowest BCUT2D eigenvalue weighted by Crippen LogP contribution is -2.44. The second kappa shape index (κ2) is 10.2. The zero-order chi connectivity index (χ0) is 28.1. The van der Waals surface area contributed by atoms with Crippen molar-refractivity contribution in [2.45, 2.75) is 43.0 Å². The highest BCUT2D eigenvalue weighted by Gasteiger charge is 2.54. The van der Waals surface area contributed by atoms with Gasteiger partial charge < -0.3 is 25.3 Å². The number of aliphatic hydroxyl groups excluding tert-OH is 1. The number of rotatable bonds is 6. The molecular formula is C27H29N4O8P. The van der Waals surface area contributed by atoms with Crippen LogP contribution in [0.3, 0.4) is 0 Å². The van der Waals surface area contributed by atoms with E-state index in [0.717, 1.165) is 11.1 Å². The minimum atomic E-state index is -4.10. The Morgan fingerprint density at radius 3 is 2.52 bits per heavy atom. The van der Waals surface area contributed by atoms with Gasteiger partial charge in [0.1, 0.15) is 23.9 Å². The third-order valence-corrected chi connectivity index (χ3v) is 8.80. The van der Waals surface area contributed by atoms with E-state index in [1.807, 2.05) is 60.7 Å². The largest absolute Gasteiger partial charge is 0.475 e. The molecule has 4 aromatic rings. The average molecular weight is 569 g/mol. The first-order valence-corrected chi connectivity index (χ1v) is 14.2. The number of benzene rings is 2. The summed E-state index contributed by atoms with van der Waals surface area (Å²) in [6, 6.07) is 20.5. The molecule has 210 valence electrons. The van der Waals surface area contributed by atoms with Crippen LogP contribution in [0.25, 0.3) is 11.0 Å². The number of hydrogen-bond donors (Lipinski definition) is 4. The van der Waals surface area contributed by atoms with Crippen molar-refractivity contribution in [1.82, 2.24) is 14.5 Å². The first-order chi connectivity index (χ1) is 19.2. The smallest absolute Gasteiger partial charge is 0.387 e. The molecule has 2 aromatic carbocycles. The predicted molar refractivity (Wildman–Crippen MR) is 144 cm³/mol. The van der Waals surface area contributed by atoms with E-state index in [2.05, 4.69) is 9.97 Å². The van der Waals surface area contributed by atoms with Gasteiger partial charge in [0, 0.05) is 12.1 Å². The van der Waals surface area contributed by atoms with Crippen LogP contribution in [0.15, 0.2) is 77.7 Å². The minimum Gasteiger partial charge on any atom is -0.387 e. The first kappa shape index (κ1) is 26.9. The molecule has 2 aromatic heterocycles. The Labute approximate surface area is 228 Å². The van der Waals surface area contributed by atoms with E-state index in [4.69, 9.17) is 24.0 Å². The number of aromatic nitrogens is 3. The molecule has 2 aliphatic heterocycles. The van der Waals surface area contributed by atoms with Gasteiger partial charge in [-0.2, -0.15) is 4.98 Å². The molecular weight excluding hydrogens is 539 g/mol. The Hall–Kier alpha value is -3.35. The van der Waals surface area contributed by atoms with Gasteiger partial charge in [-0.25, -0.2) is 4.57 Å². The van der Waals surface area contributed by atoms with Crippen molar-refractivity contribution in [2.24, 2.45) is 0 Å². The summed E-state index contributed by atoms with van der Waals surface area (Å²) in [4.78, 5) is 18.8. The average Bonchev–Trinajstić information content (AvgIpc) is 3.46. The van der Waals surface area contributed by atoms with Crippen molar-refractivity contribution >= 4 is 24.8 Å². The number of fused-ring (bicyclic) bond motifs is 1. The number of phosphoric acid groups is 1. The molecule has 0 saturated carbocycles. The number of nitrogens with two attached hydrogens (primary N) is 1. The number of aliphatic hydroxyl groups is 2. The highest BCUT2D eigenvalue weighted by Crippen LogP contribution is 2.60. The molecule has 0 spiro atoms. The molecule has 12 nitrogen and oxygen atoms in total. The van der Waals surface area contributed by atoms with Gasteiger partial charge in [-0.1, -0.05) is 60.7 Å². The lowest BCUT2D eigenvalue weighted by Gasteiger charge is -2.36. The molecule has 40 heavy (non-hydrogen) atoms. The monoisotopic (exact) mass is 568 g/mol. The highest BCUT2D eigenvalue weighted by molar-refractivity contribution is 7.48. The zero-order valence-corrected chi connectivity index (χ0v) is 22.4. The Kier molecular flexibility index (Phi) is 6.87. The third-order valence-electron chi connectivity index (χ3n) is 7.38. The van der Waals surface area contributed by atoms with E-state index >= 15 is 0 Å². The van der Waals surface area contributed by atoms with Gasteiger partial charge in [0.15, 0.2) is 11.9 Å². The number of H-pyrrole nitrogens is 1. The molecule has 2 saturated heterocycles. The van der Waals surface area contributed by atoms with Crippen LogP contribution in [0.2, 0.25) is 0 Å². The van der Waals surface area contributed by atoms with Gasteiger partial charge in [0.05, 0.1) is 18.6 Å². The Morgan fingerprint density at radius 2 is 1.82 bits per heavy atom. The zero-order valence-electron chi connectivity index (χ0n) is 21.5. The maximum atomic E-state index is 13.6. The fourth-order valence-electron chi connectivity index (χ4n) is 5.27. The Balaban J connectivity index is 1.22. The van der Waals surface area contributed by atoms with Crippen molar-refractivity contribution in [2.75, 3.05) is 18.9 Å². The number of hydrogen-bond acceptors (Lipinski definition) is 10. The van der Waals surface area contributed by atoms with Crippen molar-refractivity contribution in [3.63, 3.8) is 0 Å². The van der Waals surface area contributed by atoms with E-state index in [0.29, 0.717) is 0 Å². The van der Waals surface area contributed by atoms with Crippen molar-refractivity contribution in [1.29, 1.82) is 0 Å². The van der Waals surface area contributed by atoms with E-state index in [9.17, 15) is 19.6 Å². The van der Waals surface area contributed by atoms with Crippen LogP contribution >= 0.6 is 7.82 Å². The standard InChI is InChI=1S/C27H29N4O8P/c1-27(34)22(32)20(38-25(27)31-13-12-18-23(31)29-26(28)30-24(18)33)15-37-40(35)36-14-19(16-8-4-2-5-9-16)21(39-40)17-10-6-3-7-11-17/h2-13,19-22,25,32,34H,14-15H2,1H3,(H3,28,29,30,33)/t19-,20+,21+,22+,25+,27+,40+/m0/s1. The van der Waals surface area contributed by atoms with E-state index in [1.165, 1.54) is 23.8 Å². The second-order valence-corrected chi connectivity index (χ2v) is 11.7. The molecule has 5 N–H and O–H groups in total. The van der Waals surface area contributed by atoms with Crippen molar-refractivity contribution < 1.29 is 33.1 Å². The van der Waals surface area contributed by atoms with Crippen LogP contribution in [0, 0.1) is 0 Å². The number of nitrogen functional groups attached to an aromatic ring is 1. The molecule has 0 bridgehead atoms. The molecule has 0 radical (unpaired) electrons. The fraction of sp³-hybridized carbons (Fsp3) is 0.333. The number of aromatic amines is 1. The maximum Gasteiger partial charge on any atom is 0.475 e. The van der Waals surface area contributed by atoms with Crippen LogP contribution in [-0.2, 0) is 22.9 Å². The molecule has 2 fully saturated rings. The number of phosphoric ester groups is 1. The molecule has 13 heteroatoms. The molecule has 0 unspecified atom stereocenters. The normalized spacial score (nSPS) is 32.4. The molecule has 2 aliphatic rings. The molecule has 6 rings (SSSR count). The fourth-order valence-corrected chi connectivity index (χ4v) is 6.68. The summed E-state index contributed by atoms with van der Waals surface area (Å²) in [6.45, 7) is 1.06. The summed E-state index contributed by atoms with van der Waals surface area (Å²) >= 11 is 0. The Morgan fingerprint density at radius 1 is 1.15 bits per heavy atom. The van der Waals surface area contributed by atoms with Crippen LogP contribution in [0.5, 0.6) is 0 Å². The lowest BCUT2D eigenvalue weighted by molar-refractivity contribution is -0.0951. The van der Waals surface area contributed by atoms with E-state index < -0.39 is 50.1 Å². The quantitative estimate of drug-likeness (QED) is 0.254. The summed E-state index contributed by atoms with van der Waals surface area (Å²) < 4.78 is 38.3. The van der Waals surface area contributed by atoms with Crippen molar-refractivity contribution in [3.05, 3.63) is 94.4 Å². The highest BCUT2D eigenvalue weighted by atomic mass is 31.2. The first-order valence-electron chi connectivity index (χ1n) is 12.8. The topological polar surface area (TPSA) is 171 Å². The third kappa shape index (κ3) is 4.77. The minimum absolute atomic E-state index is 0.0757. The number of ether oxygens (including phenoxy) is 1. The molecule has 0 aliphatic carbocycles. The molecule has 7 atom stereocenters. The van der Waals surface area contributed by atoms with Gasteiger partial charge in [-0.3, -0.25) is 23.3 Å². The van der Waals surface area contributed by atoms with Crippen LogP contribution in [0.1, 0.15) is 36.3 Å². The molecule has 0 amide bonds. The predicted octanol–water partition coefficient (Wildman–Crippen LogP) is 3.01. The summed E-state index contributed by atoms with van der Waals surface area (Å²) in [6.07, 6.45) is -2.83. The number of nitrogens with zero attached hydrogens (tertiary/aromatic N) is 2. The van der Waals surface area contributed by atoms with Crippen LogP contribution < -0.4 is 11.3 Å². The van der Waals surface area contributed by atoms with Crippen LogP contribution in [0.4, 0.5) is 5.95 Å². The maximum absolute atomic E-state index is 13.6. The van der Waals surface area contributed by atoms with Gasteiger partial charge in [-0.05, 0) is 24.1 Å². The second-order valence-electron chi connectivity index (χ2n) is 10.1.